The third-order valence-corrected chi connectivity index (χ3v) is 7.88. The maximum atomic E-state index is 11.7. The van der Waals surface area contributed by atoms with Crippen LogP contribution in [0.5, 0.6) is 0 Å². The van der Waals surface area contributed by atoms with Crippen molar-refractivity contribution >= 4 is 70.4 Å². The molecule has 4 rings (SSSR count). The highest BCUT2D eigenvalue weighted by molar-refractivity contribution is 9.11. The predicted molar refractivity (Wildman–Crippen MR) is 102 cm³/mol. The van der Waals surface area contributed by atoms with Gasteiger partial charge in [-0.05, 0) is 68.5 Å². The number of sulfone groups is 1. The lowest BCUT2D eigenvalue weighted by atomic mass is 10.3. The minimum absolute atomic E-state index is 0.286. The van der Waals surface area contributed by atoms with Gasteiger partial charge in [0.2, 0.25) is 5.16 Å². The van der Waals surface area contributed by atoms with Gasteiger partial charge in [0, 0.05) is 6.26 Å². The van der Waals surface area contributed by atoms with Gasteiger partial charge < -0.3 is 0 Å². The van der Waals surface area contributed by atoms with Crippen LogP contribution in [0.2, 0.25) is 0 Å². The van der Waals surface area contributed by atoms with Crippen molar-refractivity contribution in [2.45, 2.75) is 14.4 Å². The second-order valence-corrected chi connectivity index (χ2v) is 11.6. The van der Waals surface area contributed by atoms with Crippen LogP contribution in [0, 0.1) is 0 Å². The zero-order valence-corrected chi connectivity index (χ0v) is 17.3. The molecule has 0 saturated heterocycles. The highest BCUT2D eigenvalue weighted by Crippen LogP contribution is 2.35. The van der Waals surface area contributed by atoms with Crippen molar-refractivity contribution in [1.29, 1.82) is 0 Å². The third kappa shape index (κ3) is 3.49. The molecular weight excluding hydrogens is 466 g/mol. The second-order valence-electron chi connectivity index (χ2n) is 4.93. The summed E-state index contributed by atoms with van der Waals surface area (Å²) < 4.78 is 27.6. The monoisotopic (exact) mass is 473 g/mol. The number of thiophene rings is 1. The Kier molecular flexibility index (Phi) is 4.40. The van der Waals surface area contributed by atoms with Crippen molar-refractivity contribution in [3.8, 4) is 5.00 Å². The number of fused-ring (bicyclic) bond motifs is 1. The smallest absolute Gasteiger partial charge is 0.221 e. The van der Waals surface area contributed by atoms with Crippen LogP contribution in [0.25, 0.3) is 15.2 Å². The number of tetrazole rings is 1. The topological polar surface area (TPSA) is 90.6 Å². The van der Waals surface area contributed by atoms with Crippen LogP contribution in [0.3, 0.4) is 0 Å². The fraction of sp³-hybridized carbons (Fsp3) is 0.0769. The van der Waals surface area contributed by atoms with E-state index in [1.807, 2.05) is 12.1 Å². The molecule has 0 unspecified atom stereocenters. The standard InChI is InChI=1S/C13H8BrN5O2S4/c1-25(20,21)7-2-3-8-9(6-7)22-13(15-8)24-12-16-17-18-19(12)11-5-4-10(14)23-11/h2-6H,1H3. The molecule has 128 valence electrons. The molecule has 0 spiro atoms. The normalized spacial score (nSPS) is 12.1. The number of aromatic nitrogens is 5. The molecule has 0 N–H and O–H groups in total. The largest absolute Gasteiger partial charge is 0.229 e. The average Bonchev–Trinajstić information content (AvgIpc) is 3.24. The number of rotatable bonds is 4. The number of benzene rings is 1. The molecule has 0 saturated carbocycles. The highest BCUT2D eigenvalue weighted by atomic mass is 79.9. The van der Waals surface area contributed by atoms with Gasteiger partial charge >= 0.3 is 0 Å². The molecule has 4 aromatic rings. The molecule has 3 aromatic heterocycles. The summed E-state index contributed by atoms with van der Waals surface area (Å²) in [6, 6.07) is 8.78. The van der Waals surface area contributed by atoms with Crippen molar-refractivity contribution in [3.63, 3.8) is 0 Å². The maximum absolute atomic E-state index is 11.7. The van der Waals surface area contributed by atoms with Crippen LogP contribution in [-0.2, 0) is 9.84 Å². The Hall–Kier alpha value is -1.34. The molecule has 0 atom stereocenters. The molecule has 12 heteroatoms. The molecule has 0 bridgehead atoms. The SMILES string of the molecule is CS(=O)(=O)c1ccc2nc(Sc3nnnn3-c3ccc(Br)s3)sc2c1. The lowest BCUT2D eigenvalue weighted by Crippen LogP contribution is -1.95. The van der Waals surface area contributed by atoms with Crippen molar-refractivity contribution in [1.82, 2.24) is 25.2 Å². The van der Waals surface area contributed by atoms with E-state index in [-0.39, 0.29) is 4.90 Å². The summed E-state index contributed by atoms with van der Waals surface area (Å²) in [5.74, 6) is 0. The molecule has 1 aromatic carbocycles. The van der Waals surface area contributed by atoms with E-state index in [9.17, 15) is 8.42 Å². The Balaban J connectivity index is 1.69. The first-order valence-corrected chi connectivity index (χ1v) is 11.9. The van der Waals surface area contributed by atoms with Gasteiger partial charge in [-0.15, -0.1) is 27.8 Å². The molecule has 0 radical (unpaired) electrons. The van der Waals surface area contributed by atoms with E-state index >= 15 is 0 Å². The molecule has 0 fully saturated rings. The molecule has 3 heterocycles. The number of nitrogens with zero attached hydrogens (tertiary/aromatic N) is 5. The number of halogens is 1. The van der Waals surface area contributed by atoms with Crippen LogP contribution in [0.15, 0.2) is 48.5 Å². The molecular formula is C13H8BrN5O2S4. The van der Waals surface area contributed by atoms with E-state index in [4.69, 9.17) is 0 Å². The van der Waals surface area contributed by atoms with Gasteiger partial charge in [0.25, 0.3) is 0 Å². The van der Waals surface area contributed by atoms with Crippen LogP contribution in [0.4, 0.5) is 0 Å². The summed E-state index contributed by atoms with van der Waals surface area (Å²) in [5.41, 5.74) is 0.748. The summed E-state index contributed by atoms with van der Waals surface area (Å²) in [7, 11) is -3.24. The van der Waals surface area contributed by atoms with Crippen molar-refractivity contribution < 1.29 is 8.42 Å². The first-order valence-electron chi connectivity index (χ1n) is 6.73. The summed E-state index contributed by atoms with van der Waals surface area (Å²) >= 11 is 7.69. The first kappa shape index (κ1) is 17.1. The number of hydrogen-bond acceptors (Lipinski definition) is 9. The fourth-order valence-electron chi connectivity index (χ4n) is 2.04. The van der Waals surface area contributed by atoms with Gasteiger partial charge in [0.1, 0.15) is 5.00 Å². The molecule has 7 nitrogen and oxygen atoms in total. The van der Waals surface area contributed by atoms with Gasteiger partial charge in [0.05, 0.1) is 18.9 Å². The third-order valence-electron chi connectivity index (χ3n) is 3.16. The van der Waals surface area contributed by atoms with E-state index < -0.39 is 9.84 Å². The van der Waals surface area contributed by atoms with E-state index in [0.29, 0.717) is 5.16 Å². The molecule has 25 heavy (non-hydrogen) atoms. The maximum Gasteiger partial charge on any atom is 0.221 e. The molecule has 0 aliphatic rings. The van der Waals surface area contributed by atoms with Crippen LogP contribution < -0.4 is 0 Å². The Labute approximate surface area is 163 Å². The van der Waals surface area contributed by atoms with Crippen molar-refractivity contribution in [2.24, 2.45) is 0 Å². The lowest BCUT2D eigenvalue weighted by molar-refractivity contribution is 0.602. The molecule has 0 aliphatic carbocycles. The summed E-state index contributed by atoms with van der Waals surface area (Å²) in [6.45, 7) is 0. The van der Waals surface area contributed by atoms with E-state index in [0.717, 1.165) is 23.3 Å². The van der Waals surface area contributed by atoms with Gasteiger partial charge in [-0.25, -0.2) is 13.4 Å². The predicted octanol–water partition coefficient (Wildman–Crippen LogP) is 3.65. The van der Waals surface area contributed by atoms with Crippen molar-refractivity contribution in [3.05, 3.63) is 34.1 Å². The fourth-order valence-corrected chi connectivity index (χ4v) is 6.12. The first-order chi connectivity index (χ1) is 11.9. The van der Waals surface area contributed by atoms with E-state index in [2.05, 4.69) is 36.4 Å². The lowest BCUT2D eigenvalue weighted by Gasteiger charge is -1.98. The zero-order valence-electron chi connectivity index (χ0n) is 12.5. The Morgan fingerprint density at radius 1 is 1.20 bits per heavy atom. The quantitative estimate of drug-likeness (QED) is 0.446. The Bertz CT molecular complexity index is 1180. The van der Waals surface area contributed by atoms with Gasteiger partial charge in [-0.2, -0.15) is 4.68 Å². The summed E-state index contributed by atoms with van der Waals surface area (Å²) in [6.07, 6.45) is 1.19. The van der Waals surface area contributed by atoms with Crippen LogP contribution in [0.1, 0.15) is 0 Å². The van der Waals surface area contributed by atoms with Gasteiger partial charge in [-0.1, -0.05) is 0 Å². The molecule has 0 aliphatic heterocycles. The minimum atomic E-state index is -3.24. The Morgan fingerprint density at radius 2 is 2.04 bits per heavy atom. The highest BCUT2D eigenvalue weighted by Gasteiger charge is 2.16. The summed E-state index contributed by atoms with van der Waals surface area (Å²) in [4.78, 5) is 4.81. The van der Waals surface area contributed by atoms with Crippen LogP contribution in [-0.4, -0.2) is 39.9 Å². The van der Waals surface area contributed by atoms with Crippen LogP contribution >= 0.6 is 50.4 Å². The van der Waals surface area contributed by atoms with Crippen molar-refractivity contribution in [2.75, 3.05) is 6.26 Å². The minimum Gasteiger partial charge on any atom is -0.229 e. The van der Waals surface area contributed by atoms with E-state index in [1.165, 1.54) is 40.7 Å². The second kappa shape index (κ2) is 6.43. The number of hydrogen-bond donors (Lipinski definition) is 0. The number of thiazole rings is 1. The average molecular weight is 474 g/mol. The Morgan fingerprint density at radius 3 is 2.76 bits per heavy atom. The van der Waals surface area contributed by atoms with Gasteiger partial charge in [0.15, 0.2) is 14.2 Å². The summed E-state index contributed by atoms with van der Waals surface area (Å²) in [5, 5.41) is 13.3. The zero-order chi connectivity index (χ0) is 17.6. The van der Waals surface area contributed by atoms with Gasteiger partial charge in [-0.3, -0.25) is 0 Å². The van der Waals surface area contributed by atoms with E-state index in [1.54, 1.807) is 22.9 Å². The molecule has 0 amide bonds.